The zero-order valence-corrected chi connectivity index (χ0v) is 10.5. The molecule has 1 N–H and O–H groups in total. The summed E-state index contributed by atoms with van der Waals surface area (Å²) in [5.41, 5.74) is 4.63. The Kier molecular flexibility index (Phi) is 2.56. The smallest absolute Gasteiger partial charge is 0.128 e. The maximum Gasteiger partial charge on any atom is 0.128 e. The molecule has 2 heteroatoms. The third kappa shape index (κ3) is 1.66. The number of aromatic nitrogens is 1. The van der Waals surface area contributed by atoms with Crippen molar-refractivity contribution in [1.82, 2.24) is 4.98 Å². The Morgan fingerprint density at radius 3 is 2.61 bits per heavy atom. The quantitative estimate of drug-likeness (QED) is 0.711. The summed E-state index contributed by atoms with van der Waals surface area (Å²) in [5.74, 6) is 0.890. The fourth-order valence-corrected chi connectivity index (χ4v) is 2.32. The molecule has 18 heavy (non-hydrogen) atoms. The van der Waals surface area contributed by atoms with Crippen molar-refractivity contribution in [1.29, 1.82) is 0 Å². The van der Waals surface area contributed by atoms with Crippen LogP contribution in [0.3, 0.4) is 0 Å². The Morgan fingerprint density at radius 2 is 1.83 bits per heavy atom. The number of H-pyrrole nitrogens is 1. The van der Waals surface area contributed by atoms with Crippen molar-refractivity contribution in [3.63, 3.8) is 0 Å². The van der Waals surface area contributed by atoms with E-state index in [4.69, 9.17) is 4.74 Å². The highest BCUT2D eigenvalue weighted by Crippen LogP contribution is 2.32. The molecule has 2 nitrogen and oxygen atoms in total. The first-order chi connectivity index (χ1) is 8.79. The predicted molar refractivity (Wildman–Crippen MR) is 75.0 cm³/mol. The summed E-state index contributed by atoms with van der Waals surface area (Å²) in [6.07, 6.45) is 0. The van der Waals surface area contributed by atoms with Gasteiger partial charge >= 0.3 is 0 Å². The standard InChI is InChI=1S/C16H15NO/c1-11-6-5-8-14-13(11)10-15(17-14)12-7-3-4-9-16(12)18-2/h3-10,17H,1-2H3. The molecule has 0 amide bonds. The molecule has 2 aromatic carbocycles. The number of ether oxygens (including phenoxy) is 1. The minimum atomic E-state index is 0.890. The van der Waals surface area contributed by atoms with Crippen LogP contribution in [0.25, 0.3) is 22.2 Å². The second-order valence-corrected chi connectivity index (χ2v) is 4.42. The molecule has 3 aromatic rings. The van der Waals surface area contributed by atoms with E-state index in [1.807, 2.05) is 18.2 Å². The van der Waals surface area contributed by atoms with E-state index in [0.29, 0.717) is 0 Å². The van der Waals surface area contributed by atoms with Crippen LogP contribution in [0.2, 0.25) is 0 Å². The fraction of sp³-hybridized carbons (Fsp3) is 0.125. The second kappa shape index (κ2) is 4.22. The summed E-state index contributed by atoms with van der Waals surface area (Å²) < 4.78 is 5.41. The topological polar surface area (TPSA) is 25.0 Å². The van der Waals surface area contributed by atoms with Crippen molar-refractivity contribution in [2.75, 3.05) is 7.11 Å². The van der Waals surface area contributed by atoms with Gasteiger partial charge in [0, 0.05) is 16.5 Å². The minimum absolute atomic E-state index is 0.890. The molecule has 0 atom stereocenters. The van der Waals surface area contributed by atoms with Crippen LogP contribution in [0, 0.1) is 6.92 Å². The van der Waals surface area contributed by atoms with Gasteiger partial charge in [-0.25, -0.2) is 0 Å². The number of hydrogen-bond donors (Lipinski definition) is 1. The van der Waals surface area contributed by atoms with Crippen molar-refractivity contribution < 1.29 is 4.74 Å². The Hall–Kier alpha value is -2.22. The number of fused-ring (bicyclic) bond motifs is 1. The van der Waals surface area contributed by atoms with E-state index in [-0.39, 0.29) is 0 Å². The molecule has 1 heterocycles. The van der Waals surface area contributed by atoms with Gasteiger partial charge in [-0.1, -0.05) is 24.3 Å². The molecule has 0 radical (unpaired) electrons. The average molecular weight is 237 g/mol. The Labute approximate surface area is 106 Å². The van der Waals surface area contributed by atoms with E-state index in [0.717, 1.165) is 22.5 Å². The van der Waals surface area contributed by atoms with Gasteiger partial charge in [0.2, 0.25) is 0 Å². The van der Waals surface area contributed by atoms with Crippen LogP contribution < -0.4 is 4.74 Å². The highest BCUT2D eigenvalue weighted by atomic mass is 16.5. The third-order valence-corrected chi connectivity index (χ3v) is 3.28. The van der Waals surface area contributed by atoms with Crippen LogP contribution in [0.4, 0.5) is 0 Å². The number of para-hydroxylation sites is 1. The second-order valence-electron chi connectivity index (χ2n) is 4.42. The lowest BCUT2D eigenvalue weighted by Gasteiger charge is -2.05. The van der Waals surface area contributed by atoms with Crippen molar-refractivity contribution in [3.8, 4) is 17.0 Å². The molecule has 0 aliphatic rings. The molecule has 0 saturated carbocycles. The number of rotatable bonds is 2. The van der Waals surface area contributed by atoms with Crippen molar-refractivity contribution in [2.24, 2.45) is 0 Å². The maximum atomic E-state index is 5.41. The molecule has 0 aliphatic carbocycles. The monoisotopic (exact) mass is 237 g/mol. The molecular weight excluding hydrogens is 222 g/mol. The van der Waals surface area contributed by atoms with E-state index >= 15 is 0 Å². The van der Waals surface area contributed by atoms with Crippen molar-refractivity contribution in [3.05, 3.63) is 54.1 Å². The van der Waals surface area contributed by atoms with Gasteiger partial charge in [-0.05, 0) is 36.8 Å². The number of benzene rings is 2. The minimum Gasteiger partial charge on any atom is -0.496 e. The maximum absolute atomic E-state index is 5.41. The highest BCUT2D eigenvalue weighted by molar-refractivity contribution is 5.89. The van der Waals surface area contributed by atoms with E-state index < -0.39 is 0 Å². The number of aryl methyl sites for hydroxylation is 1. The molecule has 0 saturated heterocycles. The molecule has 0 fully saturated rings. The first kappa shape index (κ1) is 10.9. The van der Waals surface area contributed by atoms with Crippen LogP contribution in [0.1, 0.15) is 5.56 Å². The summed E-state index contributed by atoms with van der Waals surface area (Å²) in [6.45, 7) is 2.13. The molecule has 3 rings (SSSR count). The molecule has 90 valence electrons. The Bertz CT molecular complexity index is 697. The zero-order valence-electron chi connectivity index (χ0n) is 10.5. The van der Waals surface area contributed by atoms with E-state index in [1.165, 1.54) is 10.9 Å². The first-order valence-corrected chi connectivity index (χ1v) is 6.01. The van der Waals surface area contributed by atoms with Crippen LogP contribution in [-0.2, 0) is 0 Å². The number of methoxy groups -OCH3 is 1. The van der Waals surface area contributed by atoms with Gasteiger partial charge in [0.15, 0.2) is 0 Å². The summed E-state index contributed by atoms with van der Waals surface area (Å²) in [5, 5.41) is 1.26. The number of nitrogens with one attached hydrogen (secondary N) is 1. The van der Waals surface area contributed by atoms with Crippen molar-refractivity contribution >= 4 is 10.9 Å². The lowest BCUT2D eigenvalue weighted by molar-refractivity contribution is 0.416. The van der Waals surface area contributed by atoms with Crippen LogP contribution in [-0.4, -0.2) is 12.1 Å². The van der Waals surface area contributed by atoms with Gasteiger partial charge in [-0.2, -0.15) is 0 Å². The third-order valence-electron chi connectivity index (χ3n) is 3.28. The van der Waals surface area contributed by atoms with Gasteiger partial charge in [-0.3, -0.25) is 0 Å². The van der Waals surface area contributed by atoms with Crippen LogP contribution >= 0.6 is 0 Å². The zero-order chi connectivity index (χ0) is 12.5. The van der Waals surface area contributed by atoms with Crippen LogP contribution in [0.5, 0.6) is 5.75 Å². The van der Waals surface area contributed by atoms with Crippen molar-refractivity contribution in [2.45, 2.75) is 6.92 Å². The number of aromatic amines is 1. The summed E-state index contributed by atoms with van der Waals surface area (Å²) >= 11 is 0. The normalized spacial score (nSPS) is 10.8. The molecule has 0 bridgehead atoms. The predicted octanol–water partition coefficient (Wildman–Crippen LogP) is 4.15. The summed E-state index contributed by atoms with van der Waals surface area (Å²) in [4.78, 5) is 3.45. The highest BCUT2D eigenvalue weighted by Gasteiger charge is 2.08. The summed E-state index contributed by atoms with van der Waals surface area (Å²) in [7, 11) is 1.70. The lowest BCUT2D eigenvalue weighted by Crippen LogP contribution is -1.86. The van der Waals surface area contributed by atoms with Gasteiger partial charge in [0.1, 0.15) is 5.75 Å². The summed E-state index contributed by atoms with van der Waals surface area (Å²) in [6, 6.07) is 16.5. The van der Waals surface area contributed by atoms with Gasteiger partial charge in [0.05, 0.1) is 12.8 Å². The Morgan fingerprint density at radius 1 is 1.00 bits per heavy atom. The SMILES string of the molecule is COc1ccccc1-c1cc2c(C)cccc2[nH]1. The average Bonchev–Trinajstić information content (AvgIpc) is 2.84. The van der Waals surface area contributed by atoms with Gasteiger partial charge < -0.3 is 9.72 Å². The fourth-order valence-electron chi connectivity index (χ4n) is 2.32. The van der Waals surface area contributed by atoms with E-state index in [9.17, 15) is 0 Å². The molecule has 0 aliphatic heterocycles. The Balaban J connectivity index is 2.23. The van der Waals surface area contributed by atoms with E-state index in [1.54, 1.807) is 7.11 Å². The van der Waals surface area contributed by atoms with Gasteiger partial charge in [0.25, 0.3) is 0 Å². The lowest BCUT2D eigenvalue weighted by atomic mass is 10.1. The molecule has 0 unspecified atom stereocenters. The number of hydrogen-bond acceptors (Lipinski definition) is 1. The van der Waals surface area contributed by atoms with E-state index in [2.05, 4.69) is 42.2 Å². The van der Waals surface area contributed by atoms with Gasteiger partial charge in [-0.15, -0.1) is 0 Å². The molecule has 0 spiro atoms. The largest absolute Gasteiger partial charge is 0.496 e. The molecule has 1 aromatic heterocycles. The first-order valence-electron chi connectivity index (χ1n) is 6.01. The molecular formula is C16H15NO. The van der Waals surface area contributed by atoms with Crippen LogP contribution in [0.15, 0.2) is 48.5 Å².